The smallest absolute Gasteiger partial charge is 0.107 e. The highest BCUT2D eigenvalue weighted by Gasteiger charge is 2.16. The summed E-state index contributed by atoms with van der Waals surface area (Å²) in [5, 5.41) is 7.58. The van der Waals surface area contributed by atoms with Crippen molar-refractivity contribution in [2.24, 2.45) is 0 Å². The van der Waals surface area contributed by atoms with E-state index in [1.54, 1.807) is 0 Å². The average molecular weight is 383 g/mol. The monoisotopic (exact) mass is 382 g/mol. The van der Waals surface area contributed by atoms with Crippen LogP contribution in [0.25, 0.3) is 11.3 Å². The molecule has 2 N–H and O–H groups in total. The van der Waals surface area contributed by atoms with Gasteiger partial charge < -0.3 is 4.90 Å². The Morgan fingerprint density at radius 1 is 0.759 bits per heavy atom. The molecule has 0 aliphatic carbocycles. The van der Waals surface area contributed by atoms with Crippen molar-refractivity contribution in [2.75, 3.05) is 6.54 Å². The fourth-order valence-corrected chi connectivity index (χ4v) is 3.77. The summed E-state index contributed by atoms with van der Waals surface area (Å²) in [7, 11) is 0. The molecule has 0 spiro atoms. The fourth-order valence-electron chi connectivity index (χ4n) is 3.77. The highest BCUT2D eigenvalue weighted by Crippen LogP contribution is 2.21. The molecule has 0 amide bonds. The third kappa shape index (κ3) is 5.21. The van der Waals surface area contributed by atoms with Crippen LogP contribution >= 0.6 is 0 Å². The maximum absolute atomic E-state index is 4.36. The quantitative estimate of drug-likeness (QED) is 0.470. The minimum Gasteiger partial charge on any atom is -0.327 e. The van der Waals surface area contributed by atoms with E-state index in [-0.39, 0.29) is 0 Å². The predicted molar refractivity (Wildman–Crippen MR) is 119 cm³/mol. The normalized spacial score (nSPS) is 12.0. The first-order chi connectivity index (χ1) is 14.3. The molecule has 0 aliphatic rings. The van der Waals surface area contributed by atoms with E-state index in [2.05, 4.69) is 102 Å². The van der Waals surface area contributed by atoms with Gasteiger partial charge in [-0.05, 0) is 12.5 Å². The van der Waals surface area contributed by atoms with Gasteiger partial charge in [-0.25, -0.2) is 0 Å². The van der Waals surface area contributed by atoms with E-state index >= 15 is 0 Å². The standard InChI is InChI=1S/C26H27N3/c1-21-12-14-24(15-13-21)26-25(18-27-28-26)20-29(19-23-10-6-3-7-11-23)17-16-22-8-4-2-5-9-22/h2-15,18H,16-17,19-20H2,1H3,(H,27,28)/p+1. The largest absolute Gasteiger partial charge is 0.327 e. The summed E-state index contributed by atoms with van der Waals surface area (Å²) in [6, 6.07) is 30.2. The van der Waals surface area contributed by atoms with Gasteiger partial charge in [0.05, 0.1) is 24.0 Å². The van der Waals surface area contributed by atoms with Crippen LogP contribution in [-0.2, 0) is 19.5 Å². The first-order valence-corrected chi connectivity index (χ1v) is 10.3. The lowest BCUT2D eigenvalue weighted by Crippen LogP contribution is -3.09. The van der Waals surface area contributed by atoms with E-state index in [0.717, 1.165) is 31.7 Å². The zero-order valence-corrected chi connectivity index (χ0v) is 16.9. The van der Waals surface area contributed by atoms with Crippen LogP contribution in [0.1, 0.15) is 22.3 Å². The molecule has 3 heteroatoms. The summed E-state index contributed by atoms with van der Waals surface area (Å²) >= 11 is 0. The first kappa shape index (κ1) is 19.2. The Hall–Kier alpha value is -3.17. The Balaban J connectivity index is 1.53. The van der Waals surface area contributed by atoms with Gasteiger partial charge in [-0.15, -0.1) is 0 Å². The van der Waals surface area contributed by atoms with Gasteiger partial charge in [0, 0.05) is 17.5 Å². The number of benzene rings is 3. The van der Waals surface area contributed by atoms with Gasteiger partial charge in [0.2, 0.25) is 0 Å². The molecule has 0 aliphatic heterocycles. The Bertz CT molecular complexity index is 1000. The highest BCUT2D eigenvalue weighted by molar-refractivity contribution is 5.62. The summed E-state index contributed by atoms with van der Waals surface area (Å²) in [4.78, 5) is 1.54. The molecular formula is C26H28N3+. The van der Waals surface area contributed by atoms with E-state index in [0.29, 0.717) is 0 Å². The Labute approximate surface area is 173 Å². The lowest BCUT2D eigenvalue weighted by molar-refractivity contribution is -0.927. The van der Waals surface area contributed by atoms with E-state index in [1.807, 2.05) is 6.20 Å². The maximum Gasteiger partial charge on any atom is 0.107 e. The number of quaternary nitrogens is 1. The SMILES string of the molecule is Cc1ccc(-c2[nH]ncc2C[NH+](CCc2ccccc2)Cc2ccccc2)cc1. The van der Waals surface area contributed by atoms with Crippen LogP contribution in [0.3, 0.4) is 0 Å². The number of H-pyrrole nitrogens is 1. The lowest BCUT2D eigenvalue weighted by atomic mass is 10.1. The molecule has 146 valence electrons. The highest BCUT2D eigenvalue weighted by atomic mass is 15.1. The van der Waals surface area contributed by atoms with Gasteiger partial charge >= 0.3 is 0 Å². The molecule has 3 aromatic carbocycles. The Morgan fingerprint density at radius 3 is 2.10 bits per heavy atom. The van der Waals surface area contributed by atoms with E-state index in [9.17, 15) is 0 Å². The minimum atomic E-state index is 0.946. The van der Waals surface area contributed by atoms with Crippen molar-refractivity contribution >= 4 is 0 Å². The summed E-state index contributed by atoms with van der Waals surface area (Å²) in [5.41, 5.74) is 7.64. The van der Waals surface area contributed by atoms with Crippen LogP contribution in [0.2, 0.25) is 0 Å². The van der Waals surface area contributed by atoms with Crippen molar-refractivity contribution in [1.82, 2.24) is 10.2 Å². The number of hydrogen-bond acceptors (Lipinski definition) is 1. The number of nitrogens with zero attached hydrogens (tertiary/aromatic N) is 1. The van der Waals surface area contributed by atoms with Crippen LogP contribution < -0.4 is 4.90 Å². The van der Waals surface area contributed by atoms with Crippen molar-refractivity contribution < 1.29 is 4.90 Å². The number of hydrogen-bond donors (Lipinski definition) is 2. The Kier molecular flexibility index (Phi) is 6.18. The van der Waals surface area contributed by atoms with Crippen molar-refractivity contribution in [1.29, 1.82) is 0 Å². The molecule has 1 unspecified atom stereocenters. The molecule has 29 heavy (non-hydrogen) atoms. The number of aromatic amines is 1. The second kappa shape index (κ2) is 9.35. The van der Waals surface area contributed by atoms with Gasteiger partial charge in [-0.2, -0.15) is 5.10 Å². The van der Waals surface area contributed by atoms with Crippen molar-refractivity contribution in [2.45, 2.75) is 26.4 Å². The fraction of sp³-hybridized carbons (Fsp3) is 0.192. The van der Waals surface area contributed by atoms with E-state index in [4.69, 9.17) is 0 Å². The second-order valence-electron chi connectivity index (χ2n) is 7.71. The molecule has 3 nitrogen and oxygen atoms in total. The van der Waals surface area contributed by atoms with Crippen molar-refractivity contribution in [3.8, 4) is 11.3 Å². The molecular weight excluding hydrogens is 354 g/mol. The van der Waals surface area contributed by atoms with Crippen LogP contribution in [0.5, 0.6) is 0 Å². The summed E-state index contributed by atoms with van der Waals surface area (Å²) < 4.78 is 0. The second-order valence-corrected chi connectivity index (χ2v) is 7.71. The summed E-state index contributed by atoms with van der Waals surface area (Å²) in [6.45, 7) is 5.15. The number of rotatable bonds is 8. The molecule has 0 fully saturated rings. The number of aryl methyl sites for hydroxylation is 1. The number of aromatic nitrogens is 2. The van der Waals surface area contributed by atoms with Gasteiger partial charge in [-0.1, -0.05) is 90.5 Å². The summed E-state index contributed by atoms with van der Waals surface area (Å²) in [5.74, 6) is 0. The maximum atomic E-state index is 4.36. The van der Waals surface area contributed by atoms with Gasteiger partial charge in [0.15, 0.2) is 0 Å². The predicted octanol–water partition coefficient (Wildman–Crippen LogP) is 4.21. The molecule has 1 atom stereocenters. The van der Waals surface area contributed by atoms with Crippen molar-refractivity contribution in [3.05, 3.63) is 113 Å². The topological polar surface area (TPSA) is 33.1 Å². The first-order valence-electron chi connectivity index (χ1n) is 10.3. The van der Waals surface area contributed by atoms with Crippen LogP contribution in [0.15, 0.2) is 91.1 Å². The minimum absolute atomic E-state index is 0.946. The zero-order valence-electron chi connectivity index (χ0n) is 16.9. The zero-order chi connectivity index (χ0) is 19.9. The molecule has 4 aromatic rings. The Morgan fingerprint density at radius 2 is 1.41 bits per heavy atom. The van der Waals surface area contributed by atoms with Crippen LogP contribution in [0.4, 0.5) is 0 Å². The molecule has 0 saturated heterocycles. The molecule has 1 heterocycles. The van der Waals surface area contributed by atoms with Crippen LogP contribution in [-0.4, -0.2) is 16.7 Å². The van der Waals surface area contributed by atoms with E-state index in [1.165, 1.54) is 32.7 Å². The van der Waals surface area contributed by atoms with Crippen LogP contribution in [0, 0.1) is 6.92 Å². The third-order valence-corrected chi connectivity index (χ3v) is 5.41. The lowest BCUT2D eigenvalue weighted by Gasteiger charge is -2.20. The molecule has 1 aromatic heterocycles. The summed E-state index contributed by atoms with van der Waals surface area (Å²) in [6.07, 6.45) is 3.06. The third-order valence-electron chi connectivity index (χ3n) is 5.41. The van der Waals surface area contributed by atoms with Gasteiger partial charge in [0.25, 0.3) is 0 Å². The van der Waals surface area contributed by atoms with Crippen molar-refractivity contribution in [3.63, 3.8) is 0 Å². The molecule has 0 radical (unpaired) electrons. The average Bonchev–Trinajstić information content (AvgIpc) is 3.22. The number of nitrogens with one attached hydrogen (secondary N) is 2. The van der Waals surface area contributed by atoms with Gasteiger partial charge in [0.1, 0.15) is 13.1 Å². The molecule has 4 rings (SSSR count). The molecule has 0 bridgehead atoms. The molecule has 0 saturated carbocycles. The van der Waals surface area contributed by atoms with Gasteiger partial charge in [-0.3, -0.25) is 5.10 Å². The van der Waals surface area contributed by atoms with E-state index < -0.39 is 0 Å².